The Kier molecular flexibility index (Phi) is 15.2. The summed E-state index contributed by atoms with van der Waals surface area (Å²) < 4.78 is 4.69. The Labute approximate surface area is 237 Å². The van der Waals surface area contributed by atoms with Crippen LogP contribution in [0, 0.1) is 0 Å². The van der Waals surface area contributed by atoms with Crippen molar-refractivity contribution < 1.29 is 20.2 Å². The quantitative estimate of drug-likeness (QED) is 0.0458. The summed E-state index contributed by atoms with van der Waals surface area (Å²) in [6.45, 7) is 3.12. The molecule has 0 aliphatic rings. The van der Waals surface area contributed by atoms with E-state index in [1.165, 1.54) is 41.5 Å². The largest absolute Gasteiger partial charge is 0.294 e. The van der Waals surface area contributed by atoms with Crippen LogP contribution in [0.25, 0.3) is 21.1 Å². The fraction of sp³-hybridized carbons (Fsp3) is 0.217. The number of hydrogen-bond donors (Lipinski definition) is 0. The first kappa shape index (κ1) is 32.7. The molecule has 0 aromatic carbocycles. The lowest BCUT2D eigenvalue weighted by atomic mass is 9.81. The zero-order chi connectivity index (χ0) is 26.5. The van der Waals surface area contributed by atoms with Crippen LogP contribution in [0.2, 0.25) is 0 Å². The summed E-state index contributed by atoms with van der Waals surface area (Å²) in [4.78, 5) is 47.1. The molecule has 0 aliphatic carbocycles. The third kappa shape index (κ3) is 10.1. The summed E-state index contributed by atoms with van der Waals surface area (Å²) in [7, 11) is 9.41. The van der Waals surface area contributed by atoms with E-state index in [0.29, 0.717) is 10.0 Å². The lowest BCUT2D eigenvalue weighted by Crippen LogP contribution is -1.89. The molecule has 0 spiro atoms. The molecule has 0 amide bonds. The van der Waals surface area contributed by atoms with Crippen LogP contribution >= 0.6 is 46.5 Å². The average Bonchev–Trinajstić information content (AvgIpc) is 3.60. The van der Waals surface area contributed by atoms with E-state index >= 15 is 0 Å². The molecule has 14 heteroatoms. The van der Waals surface area contributed by atoms with Crippen LogP contribution in [0.5, 0.6) is 0 Å². The summed E-state index contributed by atoms with van der Waals surface area (Å²) in [6.07, 6.45) is 5.31. The second-order valence-electron chi connectivity index (χ2n) is 6.41. The summed E-state index contributed by atoms with van der Waals surface area (Å²) in [5, 5.41) is 1.20. The minimum absolute atomic E-state index is 0. The SMILES string of the molecule is C.COOSc1nccc(-c2ccc(C(C)=O)s2)n1.CSc1nccc(-c2ccc(C(C)=O)s2)n1.[2HH].[B][B]. The molecule has 0 saturated heterocycles. The number of thioether (sulfide) groups is 1. The zero-order valence-electron chi connectivity index (χ0n) is 19.8. The Hall–Kier alpha value is -2.35. The number of aromatic nitrogens is 4. The number of Topliss-reactive ketones (excluding diaryl/α,β-unsaturated/α-hetero) is 2. The van der Waals surface area contributed by atoms with Crippen LogP contribution in [-0.2, 0) is 9.22 Å². The second-order valence-corrected chi connectivity index (χ2v) is 10.0. The maximum Gasteiger partial charge on any atom is 0.218 e. The van der Waals surface area contributed by atoms with Gasteiger partial charge in [-0.15, -0.1) is 22.7 Å². The molecule has 192 valence electrons. The smallest absolute Gasteiger partial charge is 0.218 e. The van der Waals surface area contributed by atoms with Crippen molar-refractivity contribution in [1.82, 2.24) is 19.9 Å². The molecule has 8 nitrogen and oxygen atoms in total. The molecular weight excluding hydrogens is 546 g/mol. The maximum atomic E-state index is 11.2. The number of ketones is 2. The van der Waals surface area contributed by atoms with Crippen LogP contribution in [-0.4, -0.2) is 60.3 Å². The molecule has 4 heterocycles. The molecule has 4 rings (SSSR count). The Morgan fingerprint density at radius 2 is 1.30 bits per heavy atom. The van der Waals surface area contributed by atoms with E-state index in [4.69, 9.17) is 4.33 Å². The molecule has 4 aromatic heterocycles. The number of hydrogen-bond acceptors (Lipinski definition) is 12. The average molecular weight is 573 g/mol. The van der Waals surface area contributed by atoms with Gasteiger partial charge in [0.2, 0.25) is 5.16 Å². The number of carbonyl (C=O) groups excluding carboxylic acids is 2. The third-order valence-electron chi connectivity index (χ3n) is 4.04. The van der Waals surface area contributed by atoms with Gasteiger partial charge in [-0.25, -0.2) is 24.8 Å². The highest BCUT2D eigenvalue weighted by Crippen LogP contribution is 2.29. The highest BCUT2D eigenvalue weighted by atomic mass is 32.2. The molecule has 37 heavy (non-hydrogen) atoms. The van der Waals surface area contributed by atoms with E-state index in [0.717, 1.165) is 43.2 Å². The predicted octanol–water partition coefficient (Wildman–Crippen LogP) is 6.24. The Morgan fingerprint density at radius 1 is 0.838 bits per heavy atom. The van der Waals surface area contributed by atoms with Gasteiger partial charge in [0.15, 0.2) is 16.7 Å². The minimum Gasteiger partial charge on any atom is -0.294 e. The van der Waals surface area contributed by atoms with E-state index in [9.17, 15) is 9.59 Å². The summed E-state index contributed by atoms with van der Waals surface area (Å²) in [6, 6.07) is 11.1. The highest BCUT2D eigenvalue weighted by Gasteiger charge is 2.09. The van der Waals surface area contributed by atoms with Crippen LogP contribution in [0.15, 0.2) is 59.1 Å². The van der Waals surface area contributed by atoms with Crippen molar-refractivity contribution in [3.8, 4) is 21.1 Å². The monoisotopic (exact) mass is 573 g/mol. The summed E-state index contributed by atoms with van der Waals surface area (Å²) in [5.74, 6) is 0.146. The van der Waals surface area contributed by atoms with Gasteiger partial charge in [-0.05, 0) is 56.5 Å². The van der Waals surface area contributed by atoms with Gasteiger partial charge in [-0.3, -0.25) is 9.59 Å². The molecule has 4 aromatic rings. The molecular formula is C23H26B2N4O4S4. The predicted molar refractivity (Wildman–Crippen MR) is 157 cm³/mol. The van der Waals surface area contributed by atoms with Crippen LogP contribution in [0.4, 0.5) is 0 Å². The Morgan fingerprint density at radius 3 is 1.70 bits per heavy atom. The number of thiophene rings is 2. The van der Waals surface area contributed by atoms with E-state index in [1.54, 1.807) is 38.4 Å². The van der Waals surface area contributed by atoms with Crippen molar-refractivity contribution >= 4 is 73.5 Å². The van der Waals surface area contributed by atoms with Gasteiger partial charge >= 0.3 is 0 Å². The molecule has 0 unspecified atom stereocenters. The number of rotatable bonds is 8. The van der Waals surface area contributed by atoms with Crippen molar-refractivity contribution in [2.45, 2.75) is 31.6 Å². The fourth-order valence-corrected chi connectivity index (χ4v) is 4.95. The van der Waals surface area contributed by atoms with Gasteiger partial charge in [-0.2, -0.15) is 4.33 Å². The third-order valence-corrected chi connectivity index (χ3v) is 7.57. The van der Waals surface area contributed by atoms with E-state index in [1.807, 2.05) is 30.5 Å². The van der Waals surface area contributed by atoms with Crippen LogP contribution in [0.3, 0.4) is 0 Å². The first-order chi connectivity index (χ1) is 17.4. The van der Waals surface area contributed by atoms with Crippen molar-refractivity contribution in [1.29, 1.82) is 0 Å². The van der Waals surface area contributed by atoms with Crippen LogP contribution < -0.4 is 0 Å². The fourth-order valence-electron chi connectivity index (χ4n) is 2.49. The molecule has 0 N–H and O–H groups in total. The first-order valence-corrected chi connectivity index (χ1v) is 13.6. The van der Waals surface area contributed by atoms with Crippen molar-refractivity contribution in [2.24, 2.45) is 0 Å². The van der Waals surface area contributed by atoms with Crippen molar-refractivity contribution in [3.63, 3.8) is 0 Å². The topological polar surface area (TPSA) is 104 Å². The normalized spacial score (nSPS) is 9.73. The Bertz CT molecular complexity index is 1290. The number of carbonyl (C=O) groups is 2. The maximum absolute atomic E-state index is 11.2. The molecule has 0 bridgehead atoms. The first-order valence-electron chi connectivity index (χ1n) is 10.0. The lowest BCUT2D eigenvalue weighted by Gasteiger charge is -1.99. The Balaban J connectivity index is 0.000000648. The van der Waals surface area contributed by atoms with Gasteiger partial charge in [0.05, 0.1) is 38.0 Å². The second kappa shape index (κ2) is 17.2. The van der Waals surface area contributed by atoms with E-state index < -0.39 is 0 Å². The standard InChI is InChI=1S/C11H10N2O3S2.C11H10N2OS2.CH4.B2.H2/c1-7(14)9-3-4-10(17-9)8-5-6-12-11(13-8)18-16-15-2;1-7(14)9-3-4-10(16-9)8-5-6-12-11(13-8)15-2;;1-2;/h3-6H,1-2H3;3-6H,1-2H3;1H4;;1H/i;;;;1+1. The van der Waals surface area contributed by atoms with Gasteiger partial charge in [0.25, 0.3) is 0 Å². The number of nitrogens with zero attached hydrogens (tertiary/aromatic N) is 4. The van der Waals surface area contributed by atoms with Crippen LogP contribution in [0.1, 0.15) is 42.0 Å². The highest BCUT2D eigenvalue weighted by molar-refractivity contribution is 7.98. The lowest BCUT2D eigenvalue weighted by molar-refractivity contribution is -0.160. The van der Waals surface area contributed by atoms with Gasteiger partial charge in [-0.1, -0.05) is 19.2 Å². The minimum atomic E-state index is 0. The van der Waals surface area contributed by atoms with Crippen molar-refractivity contribution in [3.05, 3.63) is 58.5 Å². The molecule has 0 fully saturated rings. The molecule has 4 radical (unpaired) electrons. The zero-order valence-corrected chi connectivity index (χ0v) is 23.1. The van der Waals surface area contributed by atoms with E-state index in [2.05, 4.69) is 40.3 Å². The van der Waals surface area contributed by atoms with Gasteiger partial charge in [0.1, 0.15) is 12.0 Å². The van der Waals surface area contributed by atoms with Crippen molar-refractivity contribution in [2.75, 3.05) is 13.4 Å². The molecule has 0 aliphatic heterocycles. The summed E-state index contributed by atoms with van der Waals surface area (Å²) in [5.41, 5.74) is 1.63. The summed E-state index contributed by atoms with van der Waals surface area (Å²) >= 11 is 5.31. The van der Waals surface area contributed by atoms with Gasteiger partial charge in [0, 0.05) is 29.3 Å². The van der Waals surface area contributed by atoms with Gasteiger partial charge < -0.3 is 0 Å². The molecule has 0 atom stereocenters. The van der Waals surface area contributed by atoms with E-state index in [-0.39, 0.29) is 20.4 Å². The molecule has 0 saturated carbocycles.